The Kier molecular flexibility index (Phi) is 11.0. The van der Waals surface area contributed by atoms with Crippen molar-refractivity contribution in [1.82, 2.24) is 15.1 Å². The van der Waals surface area contributed by atoms with Gasteiger partial charge < -0.3 is 19.9 Å². The van der Waals surface area contributed by atoms with Gasteiger partial charge in [-0.3, -0.25) is 4.79 Å². The van der Waals surface area contributed by atoms with Gasteiger partial charge >= 0.3 is 0 Å². The number of rotatable bonds is 6. The van der Waals surface area contributed by atoms with Gasteiger partial charge in [-0.05, 0) is 47.3 Å². The van der Waals surface area contributed by atoms with Crippen LogP contribution < -0.4 is 5.32 Å². The highest BCUT2D eigenvalue weighted by molar-refractivity contribution is 14.0. The molecule has 1 amide bonds. The molecule has 1 aliphatic rings. The van der Waals surface area contributed by atoms with Crippen LogP contribution >= 0.6 is 51.2 Å². The van der Waals surface area contributed by atoms with Crippen LogP contribution in [-0.4, -0.2) is 68.6 Å². The van der Waals surface area contributed by atoms with Gasteiger partial charge in [0.1, 0.15) is 6.54 Å². The van der Waals surface area contributed by atoms with Gasteiger partial charge in [0.25, 0.3) is 0 Å². The van der Waals surface area contributed by atoms with E-state index in [0.29, 0.717) is 6.54 Å². The molecule has 1 aromatic heterocycles. The maximum atomic E-state index is 11.9. The van der Waals surface area contributed by atoms with Crippen LogP contribution in [0.4, 0.5) is 0 Å². The first-order valence-electron chi connectivity index (χ1n) is 8.51. The van der Waals surface area contributed by atoms with Crippen LogP contribution in [0.2, 0.25) is 0 Å². The fourth-order valence-electron chi connectivity index (χ4n) is 2.51. The van der Waals surface area contributed by atoms with Crippen molar-refractivity contribution < 1.29 is 9.53 Å². The van der Waals surface area contributed by atoms with Crippen molar-refractivity contribution >= 4 is 63.1 Å². The van der Waals surface area contributed by atoms with Crippen molar-refractivity contribution in [2.24, 2.45) is 4.99 Å². The standard InChI is InChI=1S/C17H27BrN4O2S.HI/c1-21(2)16(23)11-20-17(19-10-13-6-4-5-9-24-13)22(3)12-14-7-8-15(18)25-14;/h7-8,13H,4-6,9-12H2,1-3H3,(H,19,20);1H. The molecular formula is C17H28BrIN4O2S. The maximum absolute atomic E-state index is 11.9. The Balaban J connectivity index is 0.00000338. The number of halogens is 2. The van der Waals surface area contributed by atoms with Gasteiger partial charge in [0.05, 0.1) is 16.4 Å². The zero-order valence-corrected chi connectivity index (χ0v) is 20.3. The van der Waals surface area contributed by atoms with Gasteiger partial charge in [0, 0.05) is 39.2 Å². The zero-order chi connectivity index (χ0) is 18.2. The van der Waals surface area contributed by atoms with Crippen molar-refractivity contribution in [1.29, 1.82) is 0 Å². The van der Waals surface area contributed by atoms with E-state index in [1.54, 1.807) is 30.3 Å². The number of hydrogen-bond acceptors (Lipinski definition) is 4. The zero-order valence-electron chi connectivity index (χ0n) is 15.5. The van der Waals surface area contributed by atoms with Crippen LogP contribution in [0.15, 0.2) is 20.9 Å². The molecule has 1 N–H and O–H groups in total. The molecular weight excluding hydrogens is 531 g/mol. The number of hydrogen-bond donors (Lipinski definition) is 1. The van der Waals surface area contributed by atoms with E-state index in [1.165, 1.54) is 11.3 Å². The lowest BCUT2D eigenvalue weighted by atomic mass is 10.1. The van der Waals surface area contributed by atoms with E-state index >= 15 is 0 Å². The summed E-state index contributed by atoms with van der Waals surface area (Å²) in [5.41, 5.74) is 0. The fourth-order valence-corrected chi connectivity index (χ4v) is 4.05. The number of ether oxygens (including phenoxy) is 1. The molecule has 0 radical (unpaired) electrons. The van der Waals surface area contributed by atoms with Crippen LogP contribution in [-0.2, 0) is 16.1 Å². The van der Waals surface area contributed by atoms with Crippen molar-refractivity contribution in [3.8, 4) is 0 Å². The molecule has 0 aromatic carbocycles. The molecule has 6 nitrogen and oxygen atoms in total. The summed E-state index contributed by atoms with van der Waals surface area (Å²) in [6, 6.07) is 4.14. The van der Waals surface area contributed by atoms with Crippen molar-refractivity contribution in [2.75, 3.05) is 40.8 Å². The van der Waals surface area contributed by atoms with Crippen LogP contribution in [0.1, 0.15) is 24.1 Å². The molecule has 1 aromatic rings. The Bertz CT molecular complexity index is 591. The third kappa shape index (κ3) is 8.10. The number of aliphatic imine (C=N–C) groups is 1. The van der Waals surface area contributed by atoms with E-state index in [0.717, 1.165) is 35.7 Å². The maximum Gasteiger partial charge on any atom is 0.243 e. The summed E-state index contributed by atoms with van der Waals surface area (Å²) < 4.78 is 6.89. The average molecular weight is 559 g/mol. The minimum Gasteiger partial charge on any atom is -0.376 e. The molecule has 1 fully saturated rings. The minimum atomic E-state index is -0.0134. The Morgan fingerprint density at radius 3 is 2.73 bits per heavy atom. The molecule has 0 bridgehead atoms. The van der Waals surface area contributed by atoms with Crippen LogP contribution in [0.3, 0.4) is 0 Å². The lowest BCUT2D eigenvalue weighted by molar-refractivity contribution is -0.127. The topological polar surface area (TPSA) is 57.2 Å². The molecule has 9 heteroatoms. The lowest BCUT2D eigenvalue weighted by Gasteiger charge is -2.27. The second-order valence-electron chi connectivity index (χ2n) is 6.36. The Hall–Kier alpha value is -0.390. The Morgan fingerprint density at radius 2 is 2.15 bits per heavy atom. The SMILES string of the molecule is CN(C)C(=O)CN=C(NCC1CCCCO1)N(C)Cc1ccc(Br)s1.I. The summed E-state index contributed by atoms with van der Waals surface area (Å²) in [6.45, 7) is 2.42. The third-order valence-corrected chi connectivity index (χ3v) is 5.62. The number of nitrogens with one attached hydrogen (secondary N) is 1. The molecule has 2 heterocycles. The minimum absolute atomic E-state index is 0. The third-order valence-electron chi connectivity index (χ3n) is 4.01. The first kappa shape index (κ1) is 23.6. The second-order valence-corrected chi connectivity index (χ2v) is 8.91. The summed E-state index contributed by atoms with van der Waals surface area (Å²) in [5, 5.41) is 3.38. The van der Waals surface area contributed by atoms with Gasteiger partial charge in [0.15, 0.2) is 5.96 Å². The van der Waals surface area contributed by atoms with Crippen molar-refractivity contribution in [3.05, 3.63) is 20.8 Å². The molecule has 2 rings (SSSR count). The number of guanidine groups is 1. The number of amides is 1. The van der Waals surface area contributed by atoms with Gasteiger partial charge in [-0.15, -0.1) is 35.3 Å². The van der Waals surface area contributed by atoms with E-state index in [-0.39, 0.29) is 42.5 Å². The van der Waals surface area contributed by atoms with E-state index in [4.69, 9.17) is 4.74 Å². The van der Waals surface area contributed by atoms with E-state index < -0.39 is 0 Å². The summed E-state index contributed by atoms with van der Waals surface area (Å²) in [5.74, 6) is 0.717. The molecule has 0 spiro atoms. The summed E-state index contributed by atoms with van der Waals surface area (Å²) in [6.07, 6.45) is 3.63. The summed E-state index contributed by atoms with van der Waals surface area (Å²) in [7, 11) is 5.47. The van der Waals surface area contributed by atoms with E-state index in [1.807, 2.05) is 18.0 Å². The number of thiophene rings is 1. The van der Waals surface area contributed by atoms with Crippen molar-refractivity contribution in [3.63, 3.8) is 0 Å². The number of carbonyl (C=O) groups excluding carboxylic acids is 1. The highest BCUT2D eigenvalue weighted by Gasteiger charge is 2.16. The molecule has 1 saturated heterocycles. The van der Waals surface area contributed by atoms with Crippen molar-refractivity contribution in [2.45, 2.75) is 31.9 Å². The molecule has 148 valence electrons. The first-order valence-corrected chi connectivity index (χ1v) is 10.1. The molecule has 1 unspecified atom stereocenters. The van der Waals surface area contributed by atoms with Crippen LogP contribution in [0, 0.1) is 0 Å². The van der Waals surface area contributed by atoms with Gasteiger partial charge in [-0.25, -0.2) is 4.99 Å². The summed E-state index contributed by atoms with van der Waals surface area (Å²) in [4.78, 5) is 21.2. The Morgan fingerprint density at radius 1 is 1.38 bits per heavy atom. The fraction of sp³-hybridized carbons (Fsp3) is 0.647. The number of likely N-dealkylation sites (N-methyl/N-ethyl adjacent to an activating group) is 1. The Labute approximate surface area is 185 Å². The highest BCUT2D eigenvalue weighted by atomic mass is 127. The molecule has 26 heavy (non-hydrogen) atoms. The first-order chi connectivity index (χ1) is 12.0. The predicted octanol–water partition coefficient (Wildman–Crippen LogP) is 3.16. The smallest absolute Gasteiger partial charge is 0.243 e. The van der Waals surface area contributed by atoms with Gasteiger partial charge in [-0.2, -0.15) is 0 Å². The van der Waals surface area contributed by atoms with Gasteiger partial charge in [0.2, 0.25) is 5.91 Å². The van der Waals surface area contributed by atoms with Gasteiger partial charge in [-0.1, -0.05) is 0 Å². The van der Waals surface area contributed by atoms with E-state index in [2.05, 4.69) is 32.3 Å². The van der Waals surface area contributed by atoms with E-state index in [9.17, 15) is 4.79 Å². The molecule has 1 atom stereocenters. The monoisotopic (exact) mass is 558 g/mol. The predicted molar refractivity (Wildman–Crippen MR) is 121 cm³/mol. The van der Waals surface area contributed by atoms with Crippen LogP contribution in [0.5, 0.6) is 0 Å². The lowest BCUT2D eigenvalue weighted by Crippen LogP contribution is -2.43. The number of nitrogens with zero attached hydrogens (tertiary/aromatic N) is 3. The molecule has 0 aliphatic carbocycles. The largest absolute Gasteiger partial charge is 0.376 e. The molecule has 0 saturated carbocycles. The average Bonchev–Trinajstić information content (AvgIpc) is 3.00. The normalized spacial score (nSPS) is 17.4. The number of carbonyl (C=O) groups is 1. The quantitative estimate of drug-likeness (QED) is 0.331. The second kappa shape index (κ2) is 12.1. The molecule has 1 aliphatic heterocycles. The summed E-state index contributed by atoms with van der Waals surface area (Å²) >= 11 is 5.20. The van der Waals surface area contributed by atoms with Crippen LogP contribution in [0.25, 0.3) is 0 Å². The highest BCUT2D eigenvalue weighted by Crippen LogP contribution is 2.23.